The van der Waals surface area contributed by atoms with Gasteiger partial charge in [0.1, 0.15) is 5.75 Å². The fourth-order valence-electron chi connectivity index (χ4n) is 2.79. The number of amides is 1. The van der Waals surface area contributed by atoms with Gasteiger partial charge in [-0.25, -0.2) is 8.42 Å². The van der Waals surface area contributed by atoms with Crippen molar-refractivity contribution in [2.75, 3.05) is 30.3 Å². The Kier molecular flexibility index (Phi) is 4.45. The first-order valence-corrected chi connectivity index (χ1v) is 9.42. The van der Waals surface area contributed by atoms with Crippen molar-refractivity contribution in [1.82, 2.24) is 5.32 Å². The monoisotopic (exact) mass is 340 g/mol. The lowest BCUT2D eigenvalue weighted by atomic mass is 10.2. The third-order valence-corrected chi connectivity index (χ3v) is 5.10. The largest absolute Gasteiger partial charge is 0.476 e. The fraction of sp³-hybridized carbons (Fsp3) is 0.533. The van der Waals surface area contributed by atoms with E-state index in [0.717, 1.165) is 25.7 Å². The first-order chi connectivity index (χ1) is 10.9. The van der Waals surface area contributed by atoms with Gasteiger partial charge in [-0.15, -0.1) is 0 Å². The zero-order valence-electron chi connectivity index (χ0n) is 12.9. The summed E-state index contributed by atoms with van der Waals surface area (Å²) in [6.07, 6.45) is 2.19. The highest BCUT2D eigenvalue weighted by molar-refractivity contribution is 7.92. The second-order valence-electron chi connectivity index (χ2n) is 5.75. The maximum atomic E-state index is 12.3. The molecule has 2 atom stereocenters. The first kappa shape index (κ1) is 16.1. The Balaban J connectivity index is 1.73. The maximum absolute atomic E-state index is 12.3. The van der Waals surface area contributed by atoms with E-state index in [9.17, 15) is 13.2 Å². The van der Waals surface area contributed by atoms with Crippen molar-refractivity contribution in [3.63, 3.8) is 0 Å². The van der Waals surface area contributed by atoms with E-state index < -0.39 is 16.1 Å². The summed E-state index contributed by atoms with van der Waals surface area (Å²) < 4.78 is 36.4. The van der Waals surface area contributed by atoms with E-state index in [1.807, 2.05) is 0 Å². The molecule has 7 nitrogen and oxygen atoms in total. The first-order valence-electron chi connectivity index (χ1n) is 7.58. The summed E-state index contributed by atoms with van der Waals surface area (Å²) in [5, 5.41) is 2.79. The van der Waals surface area contributed by atoms with Gasteiger partial charge in [0.2, 0.25) is 10.0 Å². The summed E-state index contributed by atoms with van der Waals surface area (Å²) >= 11 is 0. The fourth-order valence-corrected chi connectivity index (χ4v) is 3.70. The summed E-state index contributed by atoms with van der Waals surface area (Å²) in [6, 6.07) is 6.80. The van der Waals surface area contributed by atoms with Gasteiger partial charge in [-0.05, 0) is 25.0 Å². The molecule has 1 aromatic carbocycles. The summed E-state index contributed by atoms with van der Waals surface area (Å²) in [5.74, 6) is 0.0603. The van der Waals surface area contributed by atoms with Crippen LogP contribution in [0.15, 0.2) is 24.3 Å². The van der Waals surface area contributed by atoms with Gasteiger partial charge in [0.05, 0.1) is 24.6 Å². The summed E-state index contributed by atoms with van der Waals surface area (Å²) in [6.45, 7) is 1.10. The van der Waals surface area contributed by atoms with Crippen LogP contribution in [-0.2, 0) is 19.6 Å². The van der Waals surface area contributed by atoms with Crippen LogP contribution in [0.3, 0.4) is 0 Å². The molecule has 0 aromatic heterocycles. The van der Waals surface area contributed by atoms with Gasteiger partial charge in [0.15, 0.2) is 6.10 Å². The van der Waals surface area contributed by atoms with Gasteiger partial charge in [-0.1, -0.05) is 12.1 Å². The number of hydrogen-bond acceptors (Lipinski definition) is 5. The molecule has 0 radical (unpaired) electrons. The Morgan fingerprint density at radius 2 is 2.17 bits per heavy atom. The average molecular weight is 340 g/mol. The lowest BCUT2D eigenvalue weighted by Crippen LogP contribution is -2.51. The minimum Gasteiger partial charge on any atom is -0.476 e. The number of benzene rings is 1. The average Bonchev–Trinajstić information content (AvgIpc) is 3.04. The van der Waals surface area contributed by atoms with Gasteiger partial charge in [-0.3, -0.25) is 9.10 Å². The molecule has 1 fully saturated rings. The van der Waals surface area contributed by atoms with Crippen molar-refractivity contribution in [2.24, 2.45) is 0 Å². The van der Waals surface area contributed by atoms with Gasteiger partial charge >= 0.3 is 0 Å². The molecule has 1 amide bonds. The Morgan fingerprint density at radius 1 is 1.39 bits per heavy atom. The standard InChI is InChI=1S/C15H20N2O5S/c1-23(19,20)17-10-14(22-13-7-3-2-6-12(13)17)15(18)16-9-11-5-4-8-21-11/h2-3,6-7,11,14H,4-5,8-10H2,1H3,(H,16,18)/t11-,14+/m1/s1. The molecule has 2 aliphatic rings. The lowest BCUT2D eigenvalue weighted by molar-refractivity contribution is -0.128. The van der Waals surface area contributed by atoms with Crippen LogP contribution in [0.1, 0.15) is 12.8 Å². The highest BCUT2D eigenvalue weighted by atomic mass is 32.2. The van der Waals surface area contributed by atoms with Gasteiger partial charge in [0, 0.05) is 13.2 Å². The predicted molar refractivity (Wildman–Crippen MR) is 85.0 cm³/mol. The molecular weight excluding hydrogens is 320 g/mol. The lowest BCUT2D eigenvalue weighted by Gasteiger charge is -2.34. The number of ether oxygens (including phenoxy) is 2. The molecule has 1 saturated heterocycles. The van der Waals surface area contributed by atoms with Crippen molar-refractivity contribution in [1.29, 1.82) is 0 Å². The highest BCUT2D eigenvalue weighted by Gasteiger charge is 2.35. The molecule has 2 aliphatic heterocycles. The number of carbonyl (C=O) groups excluding carboxylic acids is 1. The normalized spacial score (nSPS) is 24.0. The number of anilines is 1. The minimum atomic E-state index is -3.49. The summed E-state index contributed by atoms with van der Waals surface area (Å²) in [7, 11) is -3.49. The van der Waals surface area contributed by atoms with Crippen LogP contribution in [0.4, 0.5) is 5.69 Å². The van der Waals surface area contributed by atoms with Crippen molar-refractivity contribution in [3.05, 3.63) is 24.3 Å². The Hall–Kier alpha value is -1.80. The van der Waals surface area contributed by atoms with Gasteiger partial charge < -0.3 is 14.8 Å². The second kappa shape index (κ2) is 6.37. The van der Waals surface area contributed by atoms with E-state index in [2.05, 4.69) is 5.32 Å². The third kappa shape index (κ3) is 3.59. The number of nitrogens with zero attached hydrogens (tertiary/aromatic N) is 1. The molecule has 0 bridgehead atoms. The molecule has 3 rings (SSSR count). The third-order valence-electron chi connectivity index (χ3n) is 3.96. The van der Waals surface area contributed by atoms with Gasteiger partial charge in [0.25, 0.3) is 5.91 Å². The molecule has 1 aromatic rings. The zero-order chi connectivity index (χ0) is 16.4. The van der Waals surface area contributed by atoms with Gasteiger partial charge in [-0.2, -0.15) is 0 Å². The van der Waals surface area contributed by atoms with E-state index >= 15 is 0 Å². The van der Waals surface area contributed by atoms with E-state index in [-0.39, 0.29) is 18.6 Å². The molecule has 2 heterocycles. The second-order valence-corrected chi connectivity index (χ2v) is 7.66. The number of fused-ring (bicyclic) bond motifs is 1. The van der Waals surface area contributed by atoms with Crippen LogP contribution in [0, 0.1) is 0 Å². The van der Waals surface area contributed by atoms with Crippen molar-refractivity contribution in [2.45, 2.75) is 25.0 Å². The van der Waals surface area contributed by atoms with Crippen LogP contribution in [0.2, 0.25) is 0 Å². The molecule has 0 saturated carbocycles. The zero-order valence-corrected chi connectivity index (χ0v) is 13.7. The number of carbonyl (C=O) groups is 1. The molecular formula is C15H20N2O5S. The molecule has 23 heavy (non-hydrogen) atoms. The molecule has 0 spiro atoms. The quantitative estimate of drug-likeness (QED) is 0.863. The number of hydrogen-bond donors (Lipinski definition) is 1. The van der Waals surface area contributed by atoms with Crippen LogP contribution in [0.5, 0.6) is 5.75 Å². The molecule has 0 aliphatic carbocycles. The van der Waals surface area contributed by atoms with E-state index in [1.54, 1.807) is 24.3 Å². The molecule has 8 heteroatoms. The Bertz CT molecular complexity index is 685. The van der Waals surface area contributed by atoms with Crippen molar-refractivity contribution < 1.29 is 22.7 Å². The SMILES string of the molecule is CS(=O)(=O)N1C[C@@H](C(=O)NC[C@H]2CCCO2)Oc2ccccc21. The van der Waals surface area contributed by atoms with Crippen LogP contribution < -0.4 is 14.4 Å². The number of rotatable bonds is 4. The molecule has 1 N–H and O–H groups in total. The highest BCUT2D eigenvalue weighted by Crippen LogP contribution is 2.34. The van der Waals surface area contributed by atoms with Crippen LogP contribution in [0.25, 0.3) is 0 Å². The van der Waals surface area contributed by atoms with Crippen LogP contribution in [-0.4, -0.2) is 52.5 Å². The van der Waals surface area contributed by atoms with E-state index in [0.29, 0.717) is 18.0 Å². The van der Waals surface area contributed by atoms with Crippen molar-refractivity contribution in [3.8, 4) is 5.75 Å². The molecule has 0 unspecified atom stereocenters. The topological polar surface area (TPSA) is 84.9 Å². The Labute approximate surface area is 135 Å². The Morgan fingerprint density at radius 3 is 2.87 bits per heavy atom. The van der Waals surface area contributed by atoms with Crippen LogP contribution >= 0.6 is 0 Å². The van der Waals surface area contributed by atoms with E-state index in [4.69, 9.17) is 9.47 Å². The smallest absolute Gasteiger partial charge is 0.263 e. The molecule has 126 valence electrons. The minimum absolute atomic E-state index is 0.0286. The maximum Gasteiger partial charge on any atom is 0.263 e. The van der Waals surface area contributed by atoms with E-state index in [1.165, 1.54) is 4.31 Å². The number of para-hydroxylation sites is 2. The summed E-state index contributed by atoms with van der Waals surface area (Å²) in [4.78, 5) is 12.3. The summed E-state index contributed by atoms with van der Waals surface area (Å²) in [5.41, 5.74) is 0.457. The predicted octanol–water partition coefficient (Wildman–Crippen LogP) is 0.509. The number of nitrogens with one attached hydrogen (secondary N) is 1. The van der Waals surface area contributed by atoms with Crippen molar-refractivity contribution >= 4 is 21.6 Å². The number of sulfonamides is 1.